The van der Waals surface area contributed by atoms with Crippen molar-refractivity contribution in [2.75, 3.05) is 12.9 Å². The van der Waals surface area contributed by atoms with E-state index in [1.807, 2.05) is 44.2 Å². The third kappa shape index (κ3) is 4.98. The number of fused-ring (bicyclic) bond motifs is 1. The summed E-state index contributed by atoms with van der Waals surface area (Å²) in [6, 6.07) is 14.0. The topological polar surface area (TPSA) is 47.6 Å². The molecule has 1 amide bonds. The molecule has 0 spiro atoms. The van der Waals surface area contributed by atoms with Gasteiger partial charge < -0.3 is 14.8 Å². The minimum absolute atomic E-state index is 0.0463. The fourth-order valence-electron chi connectivity index (χ4n) is 3.35. The van der Waals surface area contributed by atoms with Gasteiger partial charge in [-0.2, -0.15) is 0 Å². The van der Waals surface area contributed by atoms with Gasteiger partial charge in [-0.1, -0.05) is 24.3 Å². The highest BCUT2D eigenvalue weighted by Gasteiger charge is 2.34. The van der Waals surface area contributed by atoms with Crippen LogP contribution in [0.1, 0.15) is 43.0 Å². The van der Waals surface area contributed by atoms with Gasteiger partial charge in [0.15, 0.2) is 0 Å². The van der Waals surface area contributed by atoms with Gasteiger partial charge >= 0.3 is 0 Å². The van der Waals surface area contributed by atoms with E-state index in [0.29, 0.717) is 5.75 Å². The number of methoxy groups -OCH3 is 1. The lowest BCUT2D eigenvalue weighted by molar-refractivity contribution is -0.119. The monoisotopic (exact) mass is 385 g/mol. The molecule has 3 rings (SSSR count). The number of hydrogen-bond donors (Lipinski definition) is 1. The summed E-state index contributed by atoms with van der Waals surface area (Å²) in [5.41, 5.74) is 3.19. The average Bonchev–Trinajstić information content (AvgIpc) is 2.62. The summed E-state index contributed by atoms with van der Waals surface area (Å²) in [5, 5.41) is 3.19. The molecule has 0 aliphatic carbocycles. The third-order valence-electron chi connectivity index (χ3n) is 4.76. The number of thioether (sulfide) groups is 1. The van der Waals surface area contributed by atoms with Crippen molar-refractivity contribution < 1.29 is 14.3 Å². The van der Waals surface area contributed by atoms with Crippen molar-refractivity contribution in [1.29, 1.82) is 0 Å². The number of hydrogen-bond acceptors (Lipinski definition) is 4. The van der Waals surface area contributed by atoms with Crippen LogP contribution in [0.4, 0.5) is 0 Å². The molecular formula is C22H27NO3S. The Morgan fingerprint density at radius 3 is 2.81 bits per heavy atom. The average molecular weight is 386 g/mol. The number of benzene rings is 2. The maximum atomic E-state index is 12.6. The SMILES string of the molecule is COc1ccc2c(c1)[C@@H](NC(=O)CSCc1ccccc1C)CC(C)(C)O2. The largest absolute Gasteiger partial charge is 0.497 e. The van der Waals surface area contributed by atoms with Gasteiger partial charge in [-0.15, -0.1) is 11.8 Å². The van der Waals surface area contributed by atoms with Crippen LogP contribution >= 0.6 is 11.8 Å². The number of rotatable bonds is 6. The van der Waals surface area contributed by atoms with Crippen molar-refractivity contribution in [2.24, 2.45) is 0 Å². The molecule has 5 heteroatoms. The molecule has 0 unspecified atom stereocenters. The van der Waals surface area contributed by atoms with Gasteiger partial charge in [0.1, 0.15) is 17.1 Å². The van der Waals surface area contributed by atoms with Crippen LogP contribution < -0.4 is 14.8 Å². The second-order valence-electron chi connectivity index (χ2n) is 7.51. The van der Waals surface area contributed by atoms with Crippen LogP contribution in [0.2, 0.25) is 0 Å². The summed E-state index contributed by atoms with van der Waals surface area (Å²) < 4.78 is 11.4. The lowest BCUT2D eigenvalue weighted by Gasteiger charge is -2.38. The van der Waals surface area contributed by atoms with Gasteiger partial charge in [0.2, 0.25) is 5.91 Å². The molecule has 4 nitrogen and oxygen atoms in total. The first kappa shape index (κ1) is 19.6. The van der Waals surface area contributed by atoms with Crippen molar-refractivity contribution in [1.82, 2.24) is 5.32 Å². The molecule has 144 valence electrons. The second kappa shape index (κ2) is 8.26. The molecule has 1 atom stereocenters. The Balaban J connectivity index is 1.64. The lowest BCUT2D eigenvalue weighted by atomic mass is 9.89. The number of carbonyl (C=O) groups is 1. The van der Waals surface area contributed by atoms with Gasteiger partial charge in [0.05, 0.1) is 18.9 Å². The third-order valence-corrected chi connectivity index (χ3v) is 5.74. The standard InChI is InChI=1S/C22H27NO3S/c1-15-7-5-6-8-16(15)13-27-14-21(24)23-19-12-22(2,3)26-20-10-9-17(25-4)11-18(19)20/h5-11,19H,12-14H2,1-4H3,(H,23,24)/t19-/m0/s1. The Labute approximate surface area is 165 Å². The maximum absolute atomic E-state index is 12.6. The van der Waals surface area contributed by atoms with E-state index in [1.165, 1.54) is 11.1 Å². The molecule has 0 aromatic heterocycles. The molecule has 2 aromatic carbocycles. The fraction of sp³-hybridized carbons (Fsp3) is 0.409. The highest BCUT2D eigenvalue weighted by Crippen LogP contribution is 2.41. The van der Waals surface area contributed by atoms with E-state index in [0.717, 1.165) is 29.2 Å². The number of ether oxygens (including phenoxy) is 2. The zero-order chi connectivity index (χ0) is 19.4. The Hall–Kier alpha value is -2.14. The van der Waals surface area contributed by atoms with E-state index < -0.39 is 0 Å². The summed E-state index contributed by atoms with van der Waals surface area (Å²) in [6.07, 6.45) is 0.724. The molecule has 0 saturated heterocycles. The molecule has 1 heterocycles. The predicted molar refractivity (Wildman–Crippen MR) is 111 cm³/mol. The molecule has 0 fully saturated rings. The van der Waals surface area contributed by atoms with Crippen molar-refractivity contribution in [3.05, 3.63) is 59.2 Å². The van der Waals surface area contributed by atoms with Crippen LogP contribution in [-0.4, -0.2) is 24.4 Å². The highest BCUT2D eigenvalue weighted by molar-refractivity contribution is 7.99. The van der Waals surface area contributed by atoms with Crippen LogP contribution in [-0.2, 0) is 10.5 Å². The van der Waals surface area contributed by atoms with Gasteiger partial charge in [0, 0.05) is 17.7 Å². The van der Waals surface area contributed by atoms with E-state index in [1.54, 1.807) is 18.9 Å². The fourth-order valence-corrected chi connectivity index (χ4v) is 4.26. The van der Waals surface area contributed by atoms with Gasteiger partial charge in [-0.25, -0.2) is 0 Å². The van der Waals surface area contributed by atoms with Crippen molar-refractivity contribution in [3.63, 3.8) is 0 Å². The first-order chi connectivity index (χ1) is 12.9. The van der Waals surface area contributed by atoms with Crippen molar-refractivity contribution in [2.45, 2.75) is 44.6 Å². The summed E-state index contributed by atoms with van der Waals surface area (Å²) >= 11 is 1.64. The second-order valence-corrected chi connectivity index (χ2v) is 8.49. The van der Waals surface area contributed by atoms with E-state index in [9.17, 15) is 4.79 Å². The lowest BCUT2D eigenvalue weighted by Crippen LogP contribution is -2.41. The smallest absolute Gasteiger partial charge is 0.230 e. The first-order valence-electron chi connectivity index (χ1n) is 9.16. The predicted octanol–water partition coefficient (Wildman–Crippen LogP) is 4.66. The molecule has 27 heavy (non-hydrogen) atoms. The Kier molecular flexibility index (Phi) is 6.00. The number of amides is 1. The zero-order valence-electron chi connectivity index (χ0n) is 16.4. The van der Waals surface area contributed by atoms with Gasteiger partial charge in [0.25, 0.3) is 0 Å². The van der Waals surface area contributed by atoms with Crippen molar-refractivity contribution in [3.8, 4) is 11.5 Å². The highest BCUT2D eigenvalue weighted by atomic mass is 32.2. The van der Waals surface area contributed by atoms with E-state index in [-0.39, 0.29) is 17.6 Å². The quantitative estimate of drug-likeness (QED) is 0.786. The summed E-state index contributed by atoms with van der Waals surface area (Å²) in [4.78, 5) is 12.6. The minimum Gasteiger partial charge on any atom is -0.497 e. The van der Waals surface area contributed by atoms with E-state index >= 15 is 0 Å². The van der Waals surface area contributed by atoms with Crippen LogP contribution in [0.25, 0.3) is 0 Å². The number of nitrogens with one attached hydrogen (secondary N) is 1. The molecule has 0 radical (unpaired) electrons. The molecular weight excluding hydrogens is 358 g/mol. The maximum Gasteiger partial charge on any atom is 0.230 e. The van der Waals surface area contributed by atoms with Crippen LogP contribution in [0.15, 0.2) is 42.5 Å². The Bertz CT molecular complexity index is 819. The van der Waals surface area contributed by atoms with E-state index in [4.69, 9.17) is 9.47 Å². The molecule has 1 N–H and O–H groups in total. The Morgan fingerprint density at radius 1 is 1.30 bits per heavy atom. The van der Waals surface area contributed by atoms with Gasteiger partial charge in [-0.3, -0.25) is 4.79 Å². The summed E-state index contributed by atoms with van der Waals surface area (Å²) in [7, 11) is 1.64. The minimum atomic E-state index is -0.326. The van der Waals surface area contributed by atoms with Crippen LogP contribution in [0.3, 0.4) is 0 Å². The molecule has 2 aromatic rings. The number of carbonyl (C=O) groups excluding carboxylic acids is 1. The zero-order valence-corrected chi connectivity index (χ0v) is 17.2. The molecule has 1 aliphatic rings. The van der Waals surface area contributed by atoms with Crippen LogP contribution in [0, 0.1) is 6.92 Å². The summed E-state index contributed by atoms with van der Waals surface area (Å²) in [6.45, 7) is 6.20. The molecule has 0 bridgehead atoms. The van der Waals surface area contributed by atoms with Crippen LogP contribution in [0.5, 0.6) is 11.5 Å². The first-order valence-corrected chi connectivity index (χ1v) is 10.3. The number of aryl methyl sites for hydroxylation is 1. The van der Waals surface area contributed by atoms with Crippen molar-refractivity contribution >= 4 is 17.7 Å². The summed E-state index contributed by atoms with van der Waals surface area (Å²) in [5.74, 6) is 2.90. The van der Waals surface area contributed by atoms with Gasteiger partial charge in [-0.05, 0) is 50.1 Å². The Morgan fingerprint density at radius 2 is 2.07 bits per heavy atom. The molecule has 0 saturated carbocycles. The normalized spacial score (nSPS) is 17.6. The van der Waals surface area contributed by atoms with E-state index in [2.05, 4.69) is 24.4 Å². The molecule has 1 aliphatic heterocycles.